The molecule has 1 heterocycles. The van der Waals surface area contributed by atoms with Crippen molar-refractivity contribution in [3.63, 3.8) is 0 Å². The number of rotatable bonds is 3. The first-order chi connectivity index (χ1) is 10.1. The second-order valence-electron chi connectivity index (χ2n) is 4.81. The van der Waals surface area contributed by atoms with E-state index < -0.39 is 6.04 Å². The molecule has 0 aliphatic heterocycles. The molecule has 0 fully saturated rings. The Morgan fingerprint density at radius 1 is 1.14 bits per heavy atom. The first kappa shape index (κ1) is 14.0. The third-order valence-corrected chi connectivity index (χ3v) is 4.15. The molecule has 2 aromatic carbocycles. The molecule has 21 heavy (non-hydrogen) atoms. The van der Waals surface area contributed by atoms with Crippen LogP contribution in [-0.4, -0.2) is 10.1 Å². The van der Waals surface area contributed by atoms with Gasteiger partial charge in [0.05, 0.1) is 0 Å². The second-order valence-corrected chi connectivity index (χ2v) is 5.66. The van der Waals surface area contributed by atoms with Gasteiger partial charge in [0.15, 0.2) is 0 Å². The van der Waals surface area contributed by atoms with E-state index in [1.54, 1.807) is 0 Å². The summed E-state index contributed by atoms with van der Waals surface area (Å²) in [7, 11) is 0. The molecule has 3 aromatic rings. The van der Waals surface area contributed by atoms with Crippen molar-refractivity contribution < 1.29 is 4.52 Å². The molecule has 0 aliphatic carbocycles. The van der Waals surface area contributed by atoms with Gasteiger partial charge in [-0.05, 0) is 24.1 Å². The molecule has 0 radical (unpaired) electrons. The normalized spacial score (nSPS) is 12.3. The van der Waals surface area contributed by atoms with Crippen LogP contribution < -0.4 is 5.73 Å². The van der Waals surface area contributed by atoms with Gasteiger partial charge in [-0.15, -0.1) is 0 Å². The second kappa shape index (κ2) is 5.79. The third-order valence-electron chi connectivity index (χ3n) is 3.30. The maximum atomic E-state index is 6.16. The summed E-state index contributed by atoms with van der Waals surface area (Å²) in [5.41, 5.74) is 9.15. The predicted molar refractivity (Wildman–Crippen MR) is 84.6 cm³/mol. The average molecular weight is 344 g/mol. The summed E-state index contributed by atoms with van der Waals surface area (Å²) in [6, 6.07) is 15.2. The van der Waals surface area contributed by atoms with Gasteiger partial charge in [-0.1, -0.05) is 63.6 Å². The van der Waals surface area contributed by atoms with Crippen LogP contribution in [0.25, 0.3) is 11.4 Å². The maximum absolute atomic E-state index is 6.16. The van der Waals surface area contributed by atoms with E-state index in [1.807, 2.05) is 55.5 Å². The lowest BCUT2D eigenvalue weighted by molar-refractivity contribution is 0.367. The minimum absolute atomic E-state index is 0.410. The summed E-state index contributed by atoms with van der Waals surface area (Å²) >= 11 is 3.50. The van der Waals surface area contributed by atoms with E-state index in [0.29, 0.717) is 11.7 Å². The molecule has 2 N–H and O–H groups in total. The predicted octanol–water partition coefficient (Wildman–Crippen LogP) is 3.86. The van der Waals surface area contributed by atoms with Crippen molar-refractivity contribution in [1.29, 1.82) is 0 Å². The topological polar surface area (TPSA) is 64.9 Å². The number of hydrogen-bond acceptors (Lipinski definition) is 4. The smallest absolute Gasteiger partial charge is 0.248 e. The summed E-state index contributed by atoms with van der Waals surface area (Å²) in [4.78, 5) is 4.40. The highest BCUT2D eigenvalue weighted by atomic mass is 79.9. The number of aromatic nitrogens is 2. The van der Waals surface area contributed by atoms with Gasteiger partial charge in [-0.25, -0.2) is 0 Å². The van der Waals surface area contributed by atoms with Crippen molar-refractivity contribution in [2.45, 2.75) is 13.0 Å². The van der Waals surface area contributed by atoms with E-state index in [2.05, 4.69) is 26.1 Å². The zero-order valence-corrected chi connectivity index (χ0v) is 13.0. The molecule has 0 amide bonds. The van der Waals surface area contributed by atoms with Crippen LogP contribution >= 0.6 is 15.9 Å². The highest BCUT2D eigenvalue weighted by Crippen LogP contribution is 2.25. The van der Waals surface area contributed by atoms with Crippen LogP contribution in [-0.2, 0) is 0 Å². The molecule has 4 nitrogen and oxygen atoms in total. The Morgan fingerprint density at radius 3 is 2.62 bits per heavy atom. The number of hydrogen-bond donors (Lipinski definition) is 1. The maximum Gasteiger partial charge on any atom is 0.248 e. The van der Waals surface area contributed by atoms with E-state index >= 15 is 0 Å². The molecule has 0 bridgehead atoms. The van der Waals surface area contributed by atoms with E-state index in [4.69, 9.17) is 10.3 Å². The van der Waals surface area contributed by atoms with Crippen LogP contribution in [0.15, 0.2) is 57.5 Å². The Balaban J connectivity index is 1.91. The Bertz CT molecular complexity index is 755. The number of halogens is 1. The number of aryl methyl sites for hydroxylation is 1. The first-order valence-corrected chi connectivity index (χ1v) is 7.35. The summed E-state index contributed by atoms with van der Waals surface area (Å²) in [6.07, 6.45) is 0. The lowest BCUT2D eigenvalue weighted by Crippen LogP contribution is -2.11. The van der Waals surface area contributed by atoms with E-state index in [-0.39, 0.29) is 0 Å². The van der Waals surface area contributed by atoms with Gasteiger partial charge in [0, 0.05) is 10.0 Å². The van der Waals surface area contributed by atoms with Crippen LogP contribution in [0, 0.1) is 6.92 Å². The van der Waals surface area contributed by atoms with Crippen molar-refractivity contribution in [1.82, 2.24) is 10.1 Å². The molecule has 0 saturated heterocycles. The third kappa shape index (κ3) is 2.89. The minimum Gasteiger partial charge on any atom is -0.337 e. The largest absolute Gasteiger partial charge is 0.337 e. The van der Waals surface area contributed by atoms with Crippen molar-refractivity contribution in [2.75, 3.05) is 0 Å². The lowest BCUT2D eigenvalue weighted by Gasteiger charge is -2.05. The van der Waals surface area contributed by atoms with Crippen molar-refractivity contribution in [2.24, 2.45) is 5.73 Å². The van der Waals surface area contributed by atoms with Crippen LogP contribution in [0.1, 0.15) is 23.1 Å². The summed E-state index contributed by atoms with van der Waals surface area (Å²) in [5, 5.41) is 4.02. The van der Waals surface area contributed by atoms with Gasteiger partial charge in [0.25, 0.3) is 0 Å². The summed E-state index contributed by atoms with van der Waals surface area (Å²) in [5.74, 6) is 0.949. The monoisotopic (exact) mass is 343 g/mol. The van der Waals surface area contributed by atoms with Crippen LogP contribution in [0.2, 0.25) is 0 Å². The minimum atomic E-state index is -0.415. The van der Waals surface area contributed by atoms with E-state index in [9.17, 15) is 0 Å². The Kier molecular flexibility index (Phi) is 3.86. The van der Waals surface area contributed by atoms with Crippen molar-refractivity contribution >= 4 is 15.9 Å². The number of nitrogens with two attached hydrogens (primary N) is 1. The van der Waals surface area contributed by atoms with Crippen LogP contribution in [0.4, 0.5) is 0 Å². The van der Waals surface area contributed by atoms with E-state index in [1.165, 1.54) is 0 Å². The van der Waals surface area contributed by atoms with Crippen molar-refractivity contribution in [3.05, 3.63) is 70.0 Å². The SMILES string of the molecule is Cc1ccc(-c2noc([C@@H](N)c3ccccc3)n2)cc1Br. The fourth-order valence-electron chi connectivity index (χ4n) is 2.01. The standard InChI is InChI=1S/C16H14BrN3O/c1-10-7-8-12(9-13(10)17)15-19-16(21-20-15)14(18)11-5-3-2-4-6-11/h2-9,14H,18H2,1H3/t14-/m0/s1. The Hall–Kier alpha value is -1.98. The quantitative estimate of drug-likeness (QED) is 0.784. The fourth-order valence-corrected chi connectivity index (χ4v) is 2.39. The fraction of sp³-hybridized carbons (Fsp3) is 0.125. The molecule has 0 saturated carbocycles. The van der Waals surface area contributed by atoms with Gasteiger partial charge < -0.3 is 10.3 Å². The van der Waals surface area contributed by atoms with E-state index in [0.717, 1.165) is 21.2 Å². The molecule has 1 atom stereocenters. The molecular weight excluding hydrogens is 330 g/mol. The van der Waals surface area contributed by atoms with Gasteiger partial charge in [0.2, 0.25) is 11.7 Å². The Morgan fingerprint density at radius 2 is 1.90 bits per heavy atom. The Labute approximate surface area is 131 Å². The van der Waals surface area contributed by atoms with Gasteiger partial charge in [-0.3, -0.25) is 0 Å². The van der Waals surface area contributed by atoms with Crippen LogP contribution in [0.3, 0.4) is 0 Å². The molecule has 5 heteroatoms. The molecule has 0 unspecified atom stereocenters. The molecule has 1 aromatic heterocycles. The highest BCUT2D eigenvalue weighted by Gasteiger charge is 2.17. The van der Waals surface area contributed by atoms with Gasteiger partial charge in [0.1, 0.15) is 6.04 Å². The zero-order valence-electron chi connectivity index (χ0n) is 11.5. The van der Waals surface area contributed by atoms with Crippen molar-refractivity contribution in [3.8, 4) is 11.4 Å². The van der Waals surface area contributed by atoms with Gasteiger partial charge >= 0.3 is 0 Å². The van der Waals surface area contributed by atoms with Crippen LogP contribution in [0.5, 0.6) is 0 Å². The van der Waals surface area contributed by atoms with Gasteiger partial charge in [-0.2, -0.15) is 4.98 Å². The lowest BCUT2D eigenvalue weighted by atomic mass is 10.1. The summed E-state index contributed by atoms with van der Waals surface area (Å²) in [6.45, 7) is 2.03. The summed E-state index contributed by atoms with van der Waals surface area (Å²) < 4.78 is 6.32. The zero-order chi connectivity index (χ0) is 14.8. The molecule has 0 aliphatic rings. The number of nitrogens with zero attached hydrogens (tertiary/aromatic N) is 2. The molecule has 0 spiro atoms. The molecule has 106 valence electrons. The molecular formula is C16H14BrN3O. The molecule has 3 rings (SSSR count). The average Bonchev–Trinajstić information content (AvgIpc) is 3.00. The highest BCUT2D eigenvalue weighted by molar-refractivity contribution is 9.10. The number of benzene rings is 2. The first-order valence-electron chi connectivity index (χ1n) is 6.56.